The number of hydrogen-bond donors (Lipinski definition) is 2. The van der Waals surface area contributed by atoms with Gasteiger partial charge in [-0.05, 0) is 11.6 Å². The predicted molar refractivity (Wildman–Crippen MR) is 65.0 cm³/mol. The molecule has 2 N–H and O–H groups in total. The van der Waals surface area contributed by atoms with Crippen molar-refractivity contribution in [1.82, 2.24) is 15.2 Å². The van der Waals surface area contributed by atoms with Gasteiger partial charge in [-0.25, -0.2) is 0 Å². The smallest absolute Gasteiger partial charge is 0.222 e. The number of aromatic nitrogens is 1. The molecule has 0 saturated heterocycles. The maximum atomic E-state index is 11.2. The Morgan fingerprint density at radius 2 is 2.19 bits per heavy atom. The molecule has 0 atom stereocenters. The van der Waals surface area contributed by atoms with Crippen molar-refractivity contribution in [2.24, 2.45) is 13.0 Å². The zero-order valence-electron chi connectivity index (χ0n) is 10.3. The highest BCUT2D eigenvalue weighted by Gasteiger charge is 2.04. The van der Waals surface area contributed by atoms with Crippen LogP contribution in [0.4, 0.5) is 0 Å². The monoisotopic (exact) mass is 223 g/mol. The Kier molecular flexibility index (Phi) is 5.05. The maximum absolute atomic E-state index is 11.2. The van der Waals surface area contributed by atoms with E-state index in [1.807, 2.05) is 31.7 Å². The van der Waals surface area contributed by atoms with Gasteiger partial charge < -0.3 is 15.2 Å². The van der Waals surface area contributed by atoms with Crippen molar-refractivity contribution in [1.29, 1.82) is 0 Å². The molecule has 1 aromatic heterocycles. The lowest BCUT2D eigenvalue weighted by molar-refractivity contribution is -0.123. The summed E-state index contributed by atoms with van der Waals surface area (Å²) in [5.41, 5.74) is 1.26. The minimum atomic E-state index is 0.0640. The molecule has 0 aliphatic carbocycles. The van der Waals surface area contributed by atoms with Crippen LogP contribution in [-0.2, 0) is 18.4 Å². The summed E-state index contributed by atoms with van der Waals surface area (Å²) in [5.74, 6) is 0.177. The molecule has 1 amide bonds. The summed E-state index contributed by atoms with van der Waals surface area (Å²) in [6, 6.07) is 2.08. The number of nitrogens with zero attached hydrogens (tertiary/aromatic N) is 1. The van der Waals surface area contributed by atoms with Crippen molar-refractivity contribution in [3.63, 3.8) is 0 Å². The molecule has 1 heterocycles. The van der Waals surface area contributed by atoms with Gasteiger partial charge >= 0.3 is 0 Å². The van der Waals surface area contributed by atoms with E-state index in [-0.39, 0.29) is 11.8 Å². The van der Waals surface area contributed by atoms with Crippen molar-refractivity contribution in [3.05, 3.63) is 24.0 Å². The maximum Gasteiger partial charge on any atom is 0.222 e. The summed E-state index contributed by atoms with van der Waals surface area (Å²) in [4.78, 5) is 11.2. The van der Waals surface area contributed by atoms with Gasteiger partial charge in [0.25, 0.3) is 0 Å². The lowest BCUT2D eigenvalue weighted by Crippen LogP contribution is -2.34. The second-order valence-corrected chi connectivity index (χ2v) is 4.31. The normalized spacial score (nSPS) is 10.8. The van der Waals surface area contributed by atoms with Crippen LogP contribution in [0.3, 0.4) is 0 Å². The van der Waals surface area contributed by atoms with Gasteiger partial charge in [-0.1, -0.05) is 13.8 Å². The second-order valence-electron chi connectivity index (χ2n) is 4.31. The Balaban J connectivity index is 2.06. The third-order valence-corrected chi connectivity index (χ3v) is 2.35. The summed E-state index contributed by atoms with van der Waals surface area (Å²) in [6.45, 7) is 6.12. The summed E-state index contributed by atoms with van der Waals surface area (Å²) in [6.07, 6.45) is 4.11. The van der Waals surface area contributed by atoms with Gasteiger partial charge in [0.1, 0.15) is 0 Å². The van der Waals surface area contributed by atoms with E-state index in [2.05, 4.69) is 22.9 Å². The number of nitrogens with one attached hydrogen (secondary N) is 2. The van der Waals surface area contributed by atoms with Crippen LogP contribution in [0.5, 0.6) is 0 Å². The quantitative estimate of drug-likeness (QED) is 0.703. The first-order valence-corrected chi connectivity index (χ1v) is 5.69. The van der Waals surface area contributed by atoms with Gasteiger partial charge in [-0.2, -0.15) is 0 Å². The van der Waals surface area contributed by atoms with E-state index < -0.39 is 0 Å². The fourth-order valence-corrected chi connectivity index (χ4v) is 1.38. The summed E-state index contributed by atoms with van der Waals surface area (Å²) < 4.78 is 2.03. The first-order valence-electron chi connectivity index (χ1n) is 5.69. The van der Waals surface area contributed by atoms with E-state index in [1.54, 1.807) is 0 Å². The number of carbonyl (C=O) groups excluding carboxylic acids is 1. The summed E-state index contributed by atoms with van der Waals surface area (Å²) >= 11 is 0. The van der Waals surface area contributed by atoms with E-state index >= 15 is 0 Å². The fourth-order valence-electron chi connectivity index (χ4n) is 1.38. The first-order chi connectivity index (χ1) is 7.59. The standard InChI is InChI=1S/C12H21N3O/c1-10(2)12(16)14-6-5-13-8-11-4-7-15(3)9-11/h4,7,9-10,13H,5-6,8H2,1-3H3,(H,14,16). The molecule has 1 rings (SSSR count). The summed E-state index contributed by atoms with van der Waals surface area (Å²) in [7, 11) is 2.01. The molecule has 4 nitrogen and oxygen atoms in total. The minimum absolute atomic E-state index is 0.0640. The first kappa shape index (κ1) is 12.8. The average molecular weight is 223 g/mol. The number of rotatable bonds is 6. The highest BCUT2D eigenvalue weighted by atomic mass is 16.1. The van der Waals surface area contributed by atoms with Crippen molar-refractivity contribution in [2.45, 2.75) is 20.4 Å². The van der Waals surface area contributed by atoms with Gasteiger partial charge in [0.15, 0.2) is 0 Å². The third-order valence-electron chi connectivity index (χ3n) is 2.35. The van der Waals surface area contributed by atoms with Crippen LogP contribution in [0.2, 0.25) is 0 Å². The number of carbonyl (C=O) groups is 1. The molecule has 4 heteroatoms. The second kappa shape index (κ2) is 6.33. The van der Waals surface area contributed by atoms with E-state index in [9.17, 15) is 4.79 Å². The summed E-state index contributed by atoms with van der Waals surface area (Å²) in [5, 5.41) is 6.15. The van der Waals surface area contributed by atoms with Crippen molar-refractivity contribution >= 4 is 5.91 Å². The van der Waals surface area contributed by atoms with Gasteiger partial charge in [0.2, 0.25) is 5.91 Å². The molecule has 0 bridgehead atoms. The molecule has 0 aliphatic rings. The average Bonchev–Trinajstić information content (AvgIpc) is 2.63. The molecule has 90 valence electrons. The lowest BCUT2D eigenvalue weighted by atomic mass is 10.2. The molecule has 0 radical (unpaired) electrons. The Labute approximate surface area is 97.0 Å². The number of amides is 1. The molecule has 0 saturated carbocycles. The Morgan fingerprint density at radius 1 is 1.44 bits per heavy atom. The zero-order valence-corrected chi connectivity index (χ0v) is 10.3. The van der Waals surface area contributed by atoms with Crippen LogP contribution >= 0.6 is 0 Å². The SMILES string of the molecule is CC(C)C(=O)NCCNCc1ccn(C)c1. The molecule has 0 fully saturated rings. The van der Waals surface area contributed by atoms with Gasteiger partial charge in [-0.15, -0.1) is 0 Å². The van der Waals surface area contributed by atoms with E-state index in [4.69, 9.17) is 0 Å². The molecular weight excluding hydrogens is 202 g/mol. The molecule has 0 unspecified atom stereocenters. The van der Waals surface area contributed by atoms with Crippen LogP contribution in [0.1, 0.15) is 19.4 Å². The topological polar surface area (TPSA) is 46.1 Å². The molecule has 0 aromatic carbocycles. The van der Waals surface area contributed by atoms with Crippen molar-refractivity contribution < 1.29 is 4.79 Å². The van der Waals surface area contributed by atoms with Gasteiger partial charge in [-0.3, -0.25) is 4.79 Å². The molecule has 0 spiro atoms. The van der Waals surface area contributed by atoms with Gasteiger partial charge in [0.05, 0.1) is 0 Å². The molecule has 0 aliphatic heterocycles. The highest BCUT2D eigenvalue weighted by Crippen LogP contribution is 1.97. The highest BCUT2D eigenvalue weighted by molar-refractivity contribution is 5.77. The number of aryl methyl sites for hydroxylation is 1. The van der Waals surface area contributed by atoms with Gasteiger partial charge in [0, 0.05) is 45.0 Å². The Morgan fingerprint density at radius 3 is 2.75 bits per heavy atom. The van der Waals surface area contributed by atoms with Crippen LogP contribution in [0.15, 0.2) is 18.5 Å². The van der Waals surface area contributed by atoms with Crippen LogP contribution in [0, 0.1) is 5.92 Å². The lowest BCUT2D eigenvalue weighted by Gasteiger charge is -2.08. The van der Waals surface area contributed by atoms with Crippen LogP contribution in [-0.4, -0.2) is 23.6 Å². The Bertz CT molecular complexity index is 331. The Hall–Kier alpha value is -1.29. The minimum Gasteiger partial charge on any atom is -0.357 e. The fraction of sp³-hybridized carbons (Fsp3) is 0.583. The van der Waals surface area contributed by atoms with E-state index in [0.29, 0.717) is 6.54 Å². The largest absolute Gasteiger partial charge is 0.357 e. The molecule has 16 heavy (non-hydrogen) atoms. The van der Waals surface area contributed by atoms with E-state index in [1.165, 1.54) is 5.56 Å². The molecule has 1 aromatic rings. The van der Waals surface area contributed by atoms with E-state index in [0.717, 1.165) is 13.1 Å². The number of hydrogen-bond acceptors (Lipinski definition) is 2. The van der Waals surface area contributed by atoms with Crippen LogP contribution < -0.4 is 10.6 Å². The third kappa shape index (κ3) is 4.49. The molecular formula is C12H21N3O. The van der Waals surface area contributed by atoms with Crippen molar-refractivity contribution in [3.8, 4) is 0 Å². The van der Waals surface area contributed by atoms with Crippen LogP contribution in [0.25, 0.3) is 0 Å². The zero-order chi connectivity index (χ0) is 12.0. The predicted octanol–water partition coefficient (Wildman–Crippen LogP) is 0.887. The van der Waals surface area contributed by atoms with Crippen molar-refractivity contribution in [2.75, 3.05) is 13.1 Å².